The number of carbonyl (C=O) groups excluding carboxylic acids is 2. The van der Waals surface area contributed by atoms with Crippen LogP contribution in [-0.4, -0.2) is 26.6 Å². The number of rotatable bonds is 7. The number of aromatic nitrogens is 3. The first-order valence-electron chi connectivity index (χ1n) is 11.6. The molecule has 0 radical (unpaired) electrons. The Morgan fingerprint density at radius 1 is 1.05 bits per heavy atom. The lowest BCUT2D eigenvalue weighted by Gasteiger charge is -2.27. The van der Waals surface area contributed by atoms with E-state index in [2.05, 4.69) is 10.1 Å². The van der Waals surface area contributed by atoms with Gasteiger partial charge < -0.3 is 10.5 Å². The average Bonchev–Trinajstić information content (AvgIpc) is 3.62. The van der Waals surface area contributed by atoms with Gasteiger partial charge in [0.1, 0.15) is 17.0 Å². The Balaban J connectivity index is 1.51. The lowest BCUT2D eigenvalue weighted by molar-refractivity contribution is -0.133. The van der Waals surface area contributed by atoms with E-state index in [1.807, 2.05) is 6.92 Å². The number of nitrogens with two attached hydrogens (primary N) is 1. The molecule has 1 aliphatic rings. The third kappa shape index (κ3) is 4.47. The van der Waals surface area contributed by atoms with E-state index in [9.17, 15) is 14.0 Å². The number of pyridine rings is 1. The maximum Gasteiger partial charge on any atom is 0.247 e. The van der Waals surface area contributed by atoms with Crippen LogP contribution >= 0.6 is 0 Å². The van der Waals surface area contributed by atoms with E-state index in [1.165, 1.54) is 24.4 Å². The van der Waals surface area contributed by atoms with Crippen LogP contribution in [0.3, 0.4) is 0 Å². The maximum absolute atomic E-state index is 15.5. The predicted molar refractivity (Wildman–Crippen MR) is 132 cm³/mol. The van der Waals surface area contributed by atoms with Gasteiger partial charge >= 0.3 is 0 Å². The summed E-state index contributed by atoms with van der Waals surface area (Å²) in [5, 5.41) is 4.27. The summed E-state index contributed by atoms with van der Waals surface area (Å²) >= 11 is 0. The van der Waals surface area contributed by atoms with Crippen LogP contribution in [0.25, 0.3) is 11.3 Å². The number of aryl methyl sites for hydroxylation is 2. The monoisotopic (exact) mass is 521 g/mol. The maximum atomic E-state index is 15.5. The zero-order valence-corrected chi connectivity index (χ0v) is 20.4. The highest BCUT2D eigenvalue weighted by molar-refractivity contribution is 6.16. The summed E-state index contributed by atoms with van der Waals surface area (Å²) in [6, 6.07) is 9.22. The van der Waals surface area contributed by atoms with Gasteiger partial charge in [0.2, 0.25) is 11.8 Å². The number of amides is 2. The van der Waals surface area contributed by atoms with E-state index in [0.717, 1.165) is 40.4 Å². The van der Waals surface area contributed by atoms with Crippen LogP contribution in [0.2, 0.25) is 0 Å². The number of ether oxygens (including phenoxy) is 1. The van der Waals surface area contributed by atoms with Gasteiger partial charge in [-0.1, -0.05) is 0 Å². The smallest absolute Gasteiger partial charge is 0.247 e. The van der Waals surface area contributed by atoms with Crippen LogP contribution in [-0.2, 0) is 16.6 Å². The molecule has 2 heterocycles. The van der Waals surface area contributed by atoms with Crippen molar-refractivity contribution >= 4 is 23.2 Å². The average molecular weight is 521 g/mol. The number of anilines is 2. The Hall–Kier alpha value is -4.67. The number of halogens is 3. The molecule has 11 heteroatoms. The molecule has 0 unspecified atom stereocenters. The highest BCUT2D eigenvalue weighted by Crippen LogP contribution is 2.49. The fourth-order valence-electron chi connectivity index (χ4n) is 4.23. The topological polar surface area (TPSA) is 103 Å². The molecule has 2 aromatic carbocycles. The van der Waals surface area contributed by atoms with Crippen LogP contribution < -0.4 is 15.4 Å². The van der Waals surface area contributed by atoms with Crippen LogP contribution in [0.5, 0.6) is 11.5 Å². The summed E-state index contributed by atoms with van der Waals surface area (Å²) in [7, 11) is 1.77. The molecule has 1 saturated carbocycles. The van der Waals surface area contributed by atoms with E-state index in [0.29, 0.717) is 5.69 Å². The van der Waals surface area contributed by atoms with Crippen molar-refractivity contribution in [3.8, 4) is 22.8 Å². The Morgan fingerprint density at radius 3 is 2.37 bits per heavy atom. The Bertz CT molecular complexity index is 1560. The van der Waals surface area contributed by atoms with Gasteiger partial charge in [-0.05, 0) is 50.1 Å². The molecule has 38 heavy (non-hydrogen) atoms. The Labute approximate surface area is 215 Å². The molecular formula is C27H22F3N5O3. The molecule has 2 amide bonds. The summed E-state index contributed by atoms with van der Waals surface area (Å²) in [6.45, 7) is 1.82. The normalized spacial score (nSPS) is 13.7. The molecule has 5 rings (SSSR count). The molecule has 4 aromatic rings. The van der Waals surface area contributed by atoms with Gasteiger partial charge in [-0.25, -0.2) is 13.2 Å². The fourth-order valence-corrected chi connectivity index (χ4v) is 4.23. The van der Waals surface area contributed by atoms with Gasteiger partial charge in [0, 0.05) is 48.9 Å². The van der Waals surface area contributed by atoms with Gasteiger partial charge in [0.25, 0.3) is 0 Å². The van der Waals surface area contributed by atoms with Crippen molar-refractivity contribution in [2.45, 2.75) is 19.8 Å². The van der Waals surface area contributed by atoms with Crippen molar-refractivity contribution in [1.29, 1.82) is 0 Å². The van der Waals surface area contributed by atoms with Crippen LogP contribution in [0.4, 0.5) is 24.5 Å². The summed E-state index contributed by atoms with van der Waals surface area (Å²) in [5.74, 6) is -4.50. The number of carbonyl (C=O) groups is 2. The second-order valence-electron chi connectivity index (χ2n) is 9.08. The van der Waals surface area contributed by atoms with E-state index in [-0.39, 0.29) is 24.3 Å². The largest absolute Gasteiger partial charge is 0.454 e. The van der Waals surface area contributed by atoms with Gasteiger partial charge in [0.15, 0.2) is 17.4 Å². The van der Waals surface area contributed by atoms with Crippen LogP contribution in [0.1, 0.15) is 18.5 Å². The molecular weight excluding hydrogens is 499 g/mol. The second kappa shape index (κ2) is 9.33. The van der Waals surface area contributed by atoms with Gasteiger partial charge in [-0.3, -0.25) is 24.2 Å². The Kier molecular flexibility index (Phi) is 6.14. The van der Waals surface area contributed by atoms with Crippen LogP contribution in [0, 0.1) is 29.8 Å². The summed E-state index contributed by atoms with van der Waals surface area (Å²) in [4.78, 5) is 30.6. The highest BCUT2D eigenvalue weighted by atomic mass is 19.1. The van der Waals surface area contributed by atoms with Gasteiger partial charge in [0.05, 0.1) is 17.1 Å². The first-order chi connectivity index (χ1) is 18.1. The summed E-state index contributed by atoms with van der Waals surface area (Å²) in [5.41, 5.74) is 5.49. The van der Waals surface area contributed by atoms with Crippen molar-refractivity contribution in [1.82, 2.24) is 14.8 Å². The number of hydrogen-bond acceptors (Lipinski definition) is 5. The Morgan fingerprint density at radius 2 is 1.76 bits per heavy atom. The minimum Gasteiger partial charge on any atom is -0.454 e. The van der Waals surface area contributed by atoms with Gasteiger partial charge in [-0.2, -0.15) is 5.10 Å². The standard InChI is InChI=1S/C27H22F3N5O3/c1-15-19(14-34(2)33-15)22-11-18(7-10-32-22)38-24-13-20(29)23(12-21(24)30)35(17-5-3-16(28)4-6-17)26(37)27(8-9-27)25(31)36/h3-7,10-14H,8-9H2,1-2H3,(H2,31,36). The molecule has 2 N–H and O–H groups in total. The number of benzene rings is 2. The number of primary amides is 1. The van der Waals surface area contributed by atoms with Crippen molar-refractivity contribution in [3.05, 3.63) is 84.1 Å². The first kappa shape index (κ1) is 25.0. The molecule has 0 spiro atoms. The van der Waals surface area contributed by atoms with Crippen molar-refractivity contribution < 1.29 is 27.5 Å². The molecule has 1 aliphatic carbocycles. The quantitative estimate of drug-likeness (QED) is 0.348. The zero-order valence-electron chi connectivity index (χ0n) is 20.4. The molecule has 0 atom stereocenters. The zero-order chi connectivity index (χ0) is 27.2. The minimum absolute atomic E-state index is 0.0431. The molecule has 194 valence electrons. The molecule has 1 fully saturated rings. The lowest BCUT2D eigenvalue weighted by atomic mass is 10.0. The molecule has 0 aliphatic heterocycles. The number of nitrogens with zero attached hydrogens (tertiary/aromatic N) is 4. The van der Waals surface area contributed by atoms with E-state index in [1.54, 1.807) is 24.0 Å². The van der Waals surface area contributed by atoms with Crippen molar-refractivity contribution in [2.24, 2.45) is 18.2 Å². The highest BCUT2D eigenvalue weighted by Gasteiger charge is 2.57. The SMILES string of the molecule is Cc1nn(C)cc1-c1cc(Oc2cc(F)c(N(C(=O)C3(C(N)=O)CC3)c3ccc(F)cc3)cc2F)ccn1. The van der Waals surface area contributed by atoms with E-state index in [4.69, 9.17) is 10.5 Å². The third-order valence-corrected chi connectivity index (χ3v) is 6.41. The third-order valence-electron chi connectivity index (χ3n) is 6.41. The second-order valence-corrected chi connectivity index (χ2v) is 9.08. The molecule has 0 bridgehead atoms. The molecule has 0 saturated heterocycles. The lowest BCUT2D eigenvalue weighted by Crippen LogP contribution is -2.41. The fraction of sp³-hybridized carbons (Fsp3) is 0.185. The van der Waals surface area contributed by atoms with Gasteiger partial charge in [-0.15, -0.1) is 0 Å². The molecule has 2 aromatic heterocycles. The van der Waals surface area contributed by atoms with E-state index < -0.39 is 46.1 Å². The predicted octanol–water partition coefficient (Wildman–Crippen LogP) is 4.93. The van der Waals surface area contributed by atoms with Crippen molar-refractivity contribution in [3.63, 3.8) is 0 Å². The minimum atomic E-state index is -1.54. The molecule has 8 nitrogen and oxygen atoms in total. The number of hydrogen-bond donors (Lipinski definition) is 1. The summed E-state index contributed by atoms with van der Waals surface area (Å²) < 4.78 is 51.5. The van der Waals surface area contributed by atoms with Crippen molar-refractivity contribution in [2.75, 3.05) is 4.90 Å². The van der Waals surface area contributed by atoms with E-state index >= 15 is 8.78 Å². The van der Waals surface area contributed by atoms with Crippen LogP contribution in [0.15, 0.2) is 60.9 Å². The summed E-state index contributed by atoms with van der Waals surface area (Å²) in [6.07, 6.45) is 3.58. The first-order valence-corrected chi connectivity index (χ1v) is 11.6.